The minimum absolute atomic E-state index is 0.294. The van der Waals surface area contributed by atoms with Gasteiger partial charge in [-0.1, -0.05) is 18.2 Å². The standard InChI is InChI=1S/C7H9NO2S.C2HF3O2.C2H4O2/c1-8-11(9,10)7-5-3-2-4-6-7;3-2(4,5)1(6)7;1-2(3)4/h2-6,8H,1H3;(H,6,7);1H3,(H,3,4). The third-order valence-electron chi connectivity index (χ3n) is 1.56. The van der Waals surface area contributed by atoms with Gasteiger partial charge in [-0.05, 0) is 19.2 Å². The van der Waals surface area contributed by atoms with Crippen molar-refractivity contribution < 1.29 is 41.4 Å². The zero-order valence-corrected chi connectivity index (χ0v) is 12.3. The molecule has 1 rings (SSSR count). The van der Waals surface area contributed by atoms with Crippen LogP contribution in [0.2, 0.25) is 0 Å². The van der Waals surface area contributed by atoms with Crippen molar-refractivity contribution in [3.05, 3.63) is 30.3 Å². The van der Waals surface area contributed by atoms with Gasteiger partial charge >= 0.3 is 12.1 Å². The monoisotopic (exact) mass is 345 g/mol. The quantitative estimate of drug-likeness (QED) is 0.743. The molecule has 3 N–H and O–H groups in total. The molecule has 0 spiro atoms. The molecule has 0 aliphatic carbocycles. The average Bonchev–Trinajstić information content (AvgIpc) is 2.38. The summed E-state index contributed by atoms with van der Waals surface area (Å²) in [5.74, 6) is -3.59. The van der Waals surface area contributed by atoms with Crippen molar-refractivity contribution in [1.82, 2.24) is 4.72 Å². The fourth-order valence-electron chi connectivity index (χ4n) is 0.717. The van der Waals surface area contributed by atoms with Gasteiger partial charge in [-0.2, -0.15) is 13.2 Å². The van der Waals surface area contributed by atoms with Crippen molar-refractivity contribution >= 4 is 22.0 Å². The first-order valence-corrected chi connectivity index (χ1v) is 6.81. The highest BCUT2D eigenvalue weighted by Crippen LogP contribution is 2.13. The predicted octanol–water partition coefficient (Wildman–Crippen LogP) is 1.32. The zero-order valence-electron chi connectivity index (χ0n) is 11.5. The van der Waals surface area contributed by atoms with Crippen molar-refractivity contribution in [2.24, 2.45) is 0 Å². The predicted molar refractivity (Wildman–Crippen MR) is 69.7 cm³/mol. The number of hydrogen-bond acceptors (Lipinski definition) is 4. The lowest BCUT2D eigenvalue weighted by Crippen LogP contribution is -2.21. The van der Waals surface area contributed by atoms with Crippen LogP contribution in [-0.2, 0) is 19.6 Å². The van der Waals surface area contributed by atoms with Gasteiger partial charge in [0.15, 0.2) is 0 Å². The van der Waals surface area contributed by atoms with Crippen LogP contribution in [0.15, 0.2) is 35.2 Å². The maximum atomic E-state index is 11.1. The van der Waals surface area contributed by atoms with Crippen LogP contribution in [0.1, 0.15) is 6.92 Å². The number of carboxylic acid groups (broad SMARTS) is 2. The highest BCUT2D eigenvalue weighted by Gasteiger charge is 2.38. The average molecular weight is 345 g/mol. The molecule has 22 heavy (non-hydrogen) atoms. The second kappa shape index (κ2) is 9.73. The summed E-state index contributed by atoms with van der Waals surface area (Å²) in [5, 5.41) is 14.5. The number of carboxylic acids is 2. The zero-order chi connectivity index (χ0) is 18.0. The number of aliphatic carboxylic acids is 2. The molecule has 0 aromatic heterocycles. The first-order chi connectivity index (χ1) is 9.84. The Hall–Kier alpha value is -2.14. The second-order valence-electron chi connectivity index (χ2n) is 3.34. The maximum absolute atomic E-state index is 11.1. The lowest BCUT2D eigenvalue weighted by molar-refractivity contribution is -0.192. The fourth-order valence-corrected chi connectivity index (χ4v) is 1.47. The van der Waals surface area contributed by atoms with Crippen LogP contribution < -0.4 is 4.72 Å². The van der Waals surface area contributed by atoms with Crippen LogP contribution in [0.4, 0.5) is 13.2 Å². The summed E-state index contributed by atoms with van der Waals surface area (Å²) < 4.78 is 56.1. The molecule has 0 fully saturated rings. The lowest BCUT2D eigenvalue weighted by atomic mass is 10.4. The molecule has 0 unspecified atom stereocenters. The first-order valence-electron chi connectivity index (χ1n) is 5.32. The molecule has 1 aromatic carbocycles. The van der Waals surface area contributed by atoms with Crippen LogP contribution in [0.5, 0.6) is 0 Å². The van der Waals surface area contributed by atoms with Gasteiger partial charge in [0.05, 0.1) is 4.90 Å². The van der Waals surface area contributed by atoms with Gasteiger partial charge < -0.3 is 10.2 Å². The summed E-state index contributed by atoms with van der Waals surface area (Å²) in [6, 6.07) is 8.24. The van der Waals surface area contributed by atoms with E-state index < -0.39 is 28.1 Å². The van der Waals surface area contributed by atoms with Crippen molar-refractivity contribution in [2.75, 3.05) is 7.05 Å². The number of sulfonamides is 1. The van der Waals surface area contributed by atoms with Crippen LogP contribution in [0, 0.1) is 0 Å². The Morgan fingerprint density at radius 3 is 1.64 bits per heavy atom. The number of rotatable bonds is 2. The molecule has 0 aliphatic heterocycles. The number of alkyl halides is 3. The van der Waals surface area contributed by atoms with E-state index in [1.807, 2.05) is 0 Å². The van der Waals surface area contributed by atoms with Crippen molar-refractivity contribution in [2.45, 2.75) is 18.0 Å². The first kappa shape index (κ1) is 22.1. The van der Waals surface area contributed by atoms with Gasteiger partial charge in [-0.25, -0.2) is 17.9 Å². The third-order valence-corrected chi connectivity index (χ3v) is 2.99. The molecule has 0 radical (unpaired) electrons. The number of hydrogen-bond donors (Lipinski definition) is 3. The van der Waals surface area contributed by atoms with E-state index in [1.165, 1.54) is 7.05 Å². The summed E-state index contributed by atoms with van der Waals surface area (Å²) in [5.41, 5.74) is 0. The van der Waals surface area contributed by atoms with Crippen molar-refractivity contribution in [3.8, 4) is 0 Å². The minimum Gasteiger partial charge on any atom is -0.481 e. The number of halogens is 3. The van der Waals surface area contributed by atoms with Gasteiger partial charge in [0, 0.05) is 6.92 Å². The number of benzene rings is 1. The topological polar surface area (TPSA) is 121 Å². The van der Waals surface area contributed by atoms with E-state index in [4.69, 9.17) is 19.8 Å². The molecule has 0 saturated heterocycles. The third kappa shape index (κ3) is 11.7. The number of carbonyl (C=O) groups is 2. The largest absolute Gasteiger partial charge is 0.490 e. The van der Waals surface area contributed by atoms with E-state index in [1.54, 1.807) is 30.3 Å². The van der Waals surface area contributed by atoms with Crippen LogP contribution >= 0.6 is 0 Å². The Kier molecular flexibility index (Phi) is 9.80. The Morgan fingerprint density at radius 2 is 1.41 bits per heavy atom. The molecule has 0 bridgehead atoms. The van der Waals surface area contributed by atoms with E-state index >= 15 is 0 Å². The van der Waals surface area contributed by atoms with Gasteiger partial charge in [0.25, 0.3) is 5.97 Å². The molecule has 126 valence electrons. The second-order valence-corrected chi connectivity index (χ2v) is 5.23. The van der Waals surface area contributed by atoms with Gasteiger partial charge in [-0.15, -0.1) is 0 Å². The van der Waals surface area contributed by atoms with E-state index in [2.05, 4.69) is 4.72 Å². The van der Waals surface area contributed by atoms with Crippen LogP contribution in [0.3, 0.4) is 0 Å². The molecule has 11 heteroatoms. The molecular formula is C11H14F3NO6S. The molecule has 1 aromatic rings. The van der Waals surface area contributed by atoms with E-state index in [9.17, 15) is 21.6 Å². The highest BCUT2D eigenvalue weighted by molar-refractivity contribution is 7.89. The number of nitrogens with one attached hydrogen (secondary N) is 1. The molecular weight excluding hydrogens is 331 g/mol. The molecule has 0 amide bonds. The van der Waals surface area contributed by atoms with Crippen LogP contribution in [0.25, 0.3) is 0 Å². The van der Waals surface area contributed by atoms with Gasteiger partial charge in [0.2, 0.25) is 10.0 Å². The van der Waals surface area contributed by atoms with Crippen molar-refractivity contribution in [3.63, 3.8) is 0 Å². The van der Waals surface area contributed by atoms with Crippen LogP contribution in [-0.4, -0.2) is 43.8 Å². The smallest absolute Gasteiger partial charge is 0.481 e. The minimum atomic E-state index is -5.08. The summed E-state index contributed by atoms with van der Waals surface area (Å²) in [4.78, 5) is 18.2. The normalized spacial score (nSPS) is 10.4. The molecule has 0 saturated carbocycles. The van der Waals surface area contributed by atoms with Gasteiger partial charge in [0.1, 0.15) is 0 Å². The molecule has 0 atom stereocenters. The van der Waals surface area contributed by atoms with Crippen molar-refractivity contribution in [1.29, 1.82) is 0 Å². The summed E-state index contributed by atoms with van der Waals surface area (Å²) in [6.45, 7) is 1.08. The lowest BCUT2D eigenvalue weighted by Gasteiger charge is -1.99. The molecule has 0 heterocycles. The Morgan fingerprint density at radius 1 is 1.09 bits per heavy atom. The van der Waals surface area contributed by atoms with E-state index in [0.29, 0.717) is 4.90 Å². The Balaban J connectivity index is 0. The SMILES string of the molecule is CC(=O)O.CNS(=O)(=O)c1ccccc1.O=C(O)C(F)(F)F. The highest BCUT2D eigenvalue weighted by atomic mass is 32.2. The van der Waals surface area contributed by atoms with E-state index in [-0.39, 0.29) is 0 Å². The Labute approximate surface area is 124 Å². The fraction of sp³-hybridized carbons (Fsp3) is 0.273. The van der Waals surface area contributed by atoms with E-state index in [0.717, 1.165) is 6.92 Å². The Bertz CT molecular complexity index is 567. The molecule has 7 nitrogen and oxygen atoms in total. The molecule has 0 aliphatic rings. The summed E-state index contributed by atoms with van der Waals surface area (Å²) in [7, 11) is -1.86. The maximum Gasteiger partial charge on any atom is 0.490 e. The summed E-state index contributed by atoms with van der Waals surface area (Å²) >= 11 is 0. The van der Waals surface area contributed by atoms with Gasteiger partial charge in [-0.3, -0.25) is 4.79 Å². The summed E-state index contributed by atoms with van der Waals surface area (Å²) in [6.07, 6.45) is -5.08.